The minimum Gasteiger partial charge on any atom is -0.382 e. The molecule has 2 unspecified atom stereocenters. The average molecular weight is 1300 g/mol. The zero-order valence-corrected chi connectivity index (χ0v) is 47.2. The molecule has 0 aromatic carbocycles. The van der Waals surface area contributed by atoms with Gasteiger partial charge in [-0.1, -0.05) is 0 Å². The molecule has 2 aliphatic rings. The summed E-state index contributed by atoms with van der Waals surface area (Å²) in [5.41, 5.74) is 0. The predicted octanol–water partition coefficient (Wildman–Crippen LogP) is -3.50. The number of phosphoric ester groups is 8. The van der Waals surface area contributed by atoms with E-state index in [2.05, 4.69) is 22.6 Å². The Labute approximate surface area is 435 Å². The van der Waals surface area contributed by atoms with Crippen LogP contribution in [-0.4, -0.2) is 244 Å². The summed E-state index contributed by atoms with van der Waals surface area (Å²) in [5.74, 6) is 0. The first-order valence-electron chi connectivity index (χ1n) is 21.1. The van der Waals surface area contributed by atoms with Gasteiger partial charge >= 0.3 is 62.6 Å². The van der Waals surface area contributed by atoms with Crippen LogP contribution < -0.4 is 0 Å². The highest BCUT2D eigenvalue weighted by molar-refractivity contribution is 7.48. The van der Waals surface area contributed by atoms with Gasteiger partial charge in [-0.15, -0.1) is 0 Å². The molecule has 0 aromatic heterocycles. The van der Waals surface area contributed by atoms with E-state index in [1.165, 1.54) is 14.2 Å². The van der Waals surface area contributed by atoms with Crippen molar-refractivity contribution in [1.29, 1.82) is 0 Å². The smallest absolute Gasteiger partial charge is 0.382 e. The van der Waals surface area contributed by atoms with Crippen LogP contribution in [0.3, 0.4) is 0 Å². The molecule has 14 atom stereocenters. The van der Waals surface area contributed by atoms with Crippen LogP contribution in [0.1, 0.15) is 13.8 Å². The third-order valence-electron chi connectivity index (χ3n) is 9.43. The Kier molecular flexibility index (Phi) is 30.2. The molecular formula is C28H62O41P8. The van der Waals surface area contributed by atoms with E-state index in [4.69, 9.17) is 56.2 Å². The van der Waals surface area contributed by atoms with E-state index in [0.29, 0.717) is 0 Å². The van der Waals surface area contributed by atoms with Crippen molar-refractivity contribution in [3.63, 3.8) is 0 Å². The van der Waals surface area contributed by atoms with E-state index in [0.717, 1.165) is 0 Å². The highest BCUT2D eigenvalue weighted by Crippen LogP contribution is 2.56. The van der Waals surface area contributed by atoms with Crippen molar-refractivity contribution in [3.05, 3.63) is 0 Å². The summed E-state index contributed by atoms with van der Waals surface area (Å²) < 4.78 is 184. The minimum absolute atomic E-state index is 0.0444. The maximum Gasteiger partial charge on any atom is 0.470 e. The summed E-state index contributed by atoms with van der Waals surface area (Å²) in [6.45, 7) is -2.57. The predicted molar refractivity (Wildman–Crippen MR) is 240 cm³/mol. The largest absolute Gasteiger partial charge is 0.470 e. The lowest BCUT2D eigenvalue weighted by molar-refractivity contribution is -0.250. The molecule has 0 aliphatic heterocycles. The lowest BCUT2D eigenvalue weighted by atomic mass is 9.84. The maximum absolute atomic E-state index is 12.5. The van der Waals surface area contributed by atoms with Gasteiger partial charge in [0.05, 0.1) is 78.3 Å². The van der Waals surface area contributed by atoms with E-state index in [1.807, 2.05) is 0 Å². The second kappa shape index (κ2) is 31.6. The van der Waals surface area contributed by atoms with E-state index in [9.17, 15) is 115 Å². The normalized spacial score (nSPS) is 28.4. The molecule has 460 valence electrons. The number of rotatable bonds is 38. The molecule has 2 fully saturated rings. The first-order chi connectivity index (χ1) is 34.9. The Morgan fingerprint density at radius 1 is 0.286 bits per heavy atom. The first-order valence-corrected chi connectivity index (χ1v) is 33.3. The van der Waals surface area contributed by atoms with Crippen LogP contribution >= 0.6 is 62.6 Å². The van der Waals surface area contributed by atoms with Gasteiger partial charge in [-0.3, -0.25) is 36.2 Å². The molecule has 0 saturated heterocycles. The molecule has 16 N–H and O–H groups in total. The molecule has 0 amide bonds. The van der Waals surface area contributed by atoms with E-state index in [1.54, 1.807) is 13.8 Å². The van der Waals surface area contributed by atoms with Crippen LogP contribution in [0, 0.1) is 0 Å². The molecule has 49 heteroatoms. The van der Waals surface area contributed by atoms with Gasteiger partial charge < -0.3 is 121 Å². The lowest BCUT2D eigenvalue weighted by Gasteiger charge is -2.49. The minimum atomic E-state index is -6.13. The monoisotopic (exact) mass is 1300 g/mol. The number of hydrogen-bond acceptors (Lipinski definition) is 25. The standard InChI is InChI=1S/C28H62O41P8/c1-15(13-53-3)56-9-11-60-18-21(62-70(29,30)31)17(22(63-71(32,33)34)19(23(18)64-72(35,36)37)61-12-10-57-16(2)14-54-4)58-7-5-55-6-8-59-20-24(65-73(38,39)40)26(67-75(44,45)46)28(69-77(50,51)52)27(68-76(47,48)49)25(20)66-74(41,42)43/h15-28H,5-14H2,1-4H3,(H2,29,30,31)(H2,32,33,34)(H2,35,36,37)(H2,38,39,40)(H2,41,42,43)(H2,44,45,46)(H2,47,48,49)(H2,50,51,52)/t15?,16?,17-,18-,19+,20-,21+,22-,23+,24+,25-,26-,27+,28+. The SMILES string of the molecule is COCC(C)OCCO[C@@H]1[C@@H](OP(=O)(O)O)[C@H](OCCOC(C)COC)[C@@H](OP(=O)(O)O)[C@@H](OCCOCCO[C@H]2[C@@H](OP(=O)(O)O)[C@H](OP(=O)(O)O)[C@@H](OP(=O)(O)O)[C@H](OP(=O)(O)O)[C@H]2OP(=O)(O)O)[C@H]1OP(=O)(O)O. The van der Waals surface area contributed by atoms with Crippen molar-refractivity contribution < 1.29 is 194 Å². The molecule has 0 spiro atoms. The zero-order valence-electron chi connectivity index (χ0n) is 40.1. The molecule has 0 radical (unpaired) electrons. The summed E-state index contributed by atoms with van der Waals surface area (Å²) in [5, 5.41) is 0. The first kappa shape index (κ1) is 73.6. The van der Waals surface area contributed by atoms with Crippen molar-refractivity contribution >= 4 is 62.6 Å². The molecule has 77 heavy (non-hydrogen) atoms. The topological polar surface area (TPSA) is 617 Å². The second-order valence-electron chi connectivity index (χ2n) is 15.7. The fraction of sp³-hybridized carbons (Fsp3) is 1.00. The quantitative estimate of drug-likeness (QED) is 0.0211. The summed E-state index contributed by atoms with van der Waals surface area (Å²) in [6.07, 6.45) is -33.1. The third-order valence-corrected chi connectivity index (χ3v) is 13.6. The van der Waals surface area contributed by atoms with Crippen molar-refractivity contribution in [1.82, 2.24) is 0 Å². The summed E-state index contributed by atoms with van der Waals surface area (Å²) in [6, 6.07) is 0. The van der Waals surface area contributed by atoms with Crippen LogP contribution in [0.25, 0.3) is 0 Å². The third kappa shape index (κ3) is 30.3. The molecule has 41 nitrogen and oxygen atoms in total. The van der Waals surface area contributed by atoms with Gasteiger partial charge in [0.1, 0.15) is 73.2 Å². The van der Waals surface area contributed by atoms with Crippen molar-refractivity contribution in [2.24, 2.45) is 0 Å². The Morgan fingerprint density at radius 3 is 0.636 bits per heavy atom. The Hall–Kier alpha value is 0.520. The van der Waals surface area contributed by atoms with Gasteiger partial charge in [0, 0.05) is 14.2 Å². The highest BCUT2D eigenvalue weighted by atomic mass is 31.2. The highest BCUT2D eigenvalue weighted by Gasteiger charge is 2.62. The van der Waals surface area contributed by atoms with Gasteiger partial charge in [0.25, 0.3) is 0 Å². The maximum atomic E-state index is 12.5. The zero-order chi connectivity index (χ0) is 59.2. The molecular weight excluding hydrogens is 1240 g/mol. The van der Waals surface area contributed by atoms with Gasteiger partial charge in [-0.05, 0) is 13.8 Å². The molecule has 0 bridgehead atoms. The summed E-state index contributed by atoms with van der Waals surface area (Å²) in [4.78, 5) is 157. The van der Waals surface area contributed by atoms with Crippen LogP contribution in [-0.2, 0) is 115 Å². The molecule has 2 saturated carbocycles. The number of hydrogen-bond donors (Lipinski definition) is 16. The van der Waals surface area contributed by atoms with E-state index in [-0.39, 0.29) is 26.4 Å². The van der Waals surface area contributed by atoms with Crippen LogP contribution in [0.4, 0.5) is 0 Å². The number of methoxy groups -OCH3 is 2. The van der Waals surface area contributed by atoms with Crippen LogP contribution in [0.5, 0.6) is 0 Å². The second-order valence-corrected chi connectivity index (χ2v) is 25.2. The Morgan fingerprint density at radius 2 is 0.455 bits per heavy atom. The van der Waals surface area contributed by atoms with Crippen LogP contribution in [0.15, 0.2) is 0 Å². The van der Waals surface area contributed by atoms with E-state index >= 15 is 0 Å². The van der Waals surface area contributed by atoms with Gasteiger partial charge in [-0.2, -0.15) is 0 Å². The van der Waals surface area contributed by atoms with Crippen molar-refractivity contribution in [2.45, 2.75) is 99.3 Å². The summed E-state index contributed by atoms with van der Waals surface area (Å²) in [7, 11) is -45.4. The number of ether oxygens (including phenoxy) is 9. The van der Waals surface area contributed by atoms with Crippen molar-refractivity contribution in [3.8, 4) is 0 Å². The van der Waals surface area contributed by atoms with Gasteiger partial charge in [0.15, 0.2) is 0 Å². The molecule has 2 aliphatic carbocycles. The number of phosphoric acid groups is 8. The van der Waals surface area contributed by atoms with Crippen LogP contribution in [0.2, 0.25) is 0 Å². The fourth-order valence-corrected chi connectivity index (χ4v) is 11.7. The molecule has 2 rings (SSSR count). The van der Waals surface area contributed by atoms with E-state index < -0.39 is 188 Å². The Balaban J connectivity index is 2.66. The van der Waals surface area contributed by atoms with Gasteiger partial charge in [-0.25, -0.2) is 36.5 Å². The molecule has 0 heterocycles. The summed E-state index contributed by atoms with van der Waals surface area (Å²) >= 11 is 0. The fourth-order valence-electron chi connectivity index (χ4n) is 7.25. The van der Waals surface area contributed by atoms with Gasteiger partial charge in [0.2, 0.25) is 0 Å². The Bertz CT molecular complexity index is 2040. The lowest BCUT2D eigenvalue weighted by Crippen LogP contribution is -2.67. The average Bonchev–Trinajstić information content (AvgIpc) is 3.20. The molecule has 0 aromatic rings. The van der Waals surface area contributed by atoms with Crippen molar-refractivity contribution in [2.75, 3.05) is 80.3 Å².